The molecule has 0 bridgehead atoms. The molecule has 0 fully saturated rings. The number of benzene rings is 1. The summed E-state index contributed by atoms with van der Waals surface area (Å²) in [6.45, 7) is 2.33. The molecular weight excluding hydrogens is 282 g/mol. The number of pyridine rings is 1. The molecule has 20 heavy (non-hydrogen) atoms. The Kier molecular flexibility index (Phi) is 4.79. The third-order valence-electron chi connectivity index (χ3n) is 2.52. The lowest BCUT2D eigenvalue weighted by molar-refractivity contribution is 0.404. The van der Waals surface area contributed by atoms with Crippen LogP contribution in [0.5, 0.6) is 5.75 Å². The highest BCUT2D eigenvalue weighted by molar-refractivity contribution is 7.99. The van der Waals surface area contributed by atoms with Crippen LogP contribution >= 0.6 is 11.8 Å². The molecule has 1 aromatic carbocycles. The quantitative estimate of drug-likeness (QED) is 0.906. The maximum atomic E-state index is 13.8. The Hall–Kier alpha value is -1.82. The van der Waals surface area contributed by atoms with Crippen molar-refractivity contribution >= 4 is 17.6 Å². The van der Waals surface area contributed by atoms with E-state index in [2.05, 4.69) is 10.3 Å². The molecule has 0 aliphatic rings. The lowest BCUT2D eigenvalue weighted by Crippen LogP contribution is -2.04. The van der Waals surface area contributed by atoms with Gasteiger partial charge >= 0.3 is 0 Å². The Morgan fingerprint density at radius 1 is 1.25 bits per heavy atom. The number of halogens is 2. The van der Waals surface area contributed by atoms with E-state index in [0.717, 1.165) is 22.7 Å². The molecule has 106 valence electrons. The van der Waals surface area contributed by atoms with E-state index in [9.17, 15) is 8.78 Å². The van der Waals surface area contributed by atoms with Crippen molar-refractivity contribution in [2.75, 3.05) is 19.0 Å². The largest absolute Gasteiger partial charge is 0.496 e. The minimum Gasteiger partial charge on any atom is -0.496 e. The zero-order chi connectivity index (χ0) is 14.5. The van der Waals surface area contributed by atoms with Gasteiger partial charge < -0.3 is 10.1 Å². The summed E-state index contributed by atoms with van der Waals surface area (Å²) in [5, 5.41) is 2.86. The van der Waals surface area contributed by atoms with Crippen LogP contribution in [0.1, 0.15) is 6.92 Å². The Labute approximate surface area is 120 Å². The number of nitrogens with zero attached hydrogens (tertiary/aromatic N) is 1. The number of anilines is 1. The SMILES string of the molecule is CCNc1nc(Sc2ccccc2OC)c(F)cc1F. The molecule has 0 spiro atoms. The standard InChI is InChI=1S/C14H14F2N2OS/c1-3-17-13-9(15)8-10(16)14(18-13)20-12-7-5-4-6-11(12)19-2/h4-8H,3H2,1-2H3,(H,17,18). The summed E-state index contributed by atoms with van der Waals surface area (Å²) in [4.78, 5) is 4.70. The second-order valence-corrected chi connectivity index (χ2v) is 4.92. The molecule has 0 saturated carbocycles. The van der Waals surface area contributed by atoms with E-state index in [1.165, 1.54) is 7.11 Å². The van der Waals surface area contributed by atoms with Crippen LogP contribution in [0.3, 0.4) is 0 Å². The molecule has 3 nitrogen and oxygen atoms in total. The molecule has 2 rings (SSSR count). The molecule has 6 heteroatoms. The average molecular weight is 296 g/mol. The van der Waals surface area contributed by atoms with E-state index in [4.69, 9.17) is 4.74 Å². The summed E-state index contributed by atoms with van der Waals surface area (Å²) >= 11 is 1.10. The fourth-order valence-electron chi connectivity index (χ4n) is 1.62. The van der Waals surface area contributed by atoms with E-state index in [0.29, 0.717) is 12.3 Å². The molecule has 0 atom stereocenters. The molecule has 0 radical (unpaired) electrons. The highest BCUT2D eigenvalue weighted by Crippen LogP contribution is 2.35. The van der Waals surface area contributed by atoms with Crippen LogP contribution in [0, 0.1) is 11.6 Å². The van der Waals surface area contributed by atoms with Gasteiger partial charge in [0.05, 0.1) is 12.0 Å². The third-order valence-corrected chi connectivity index (χ3v) is 3.55. The number of aromatic nitrogens is 1. The van der Waals surface area contributed by atoms with E-state index in [-0.39, 0.29) is 10.8 Å². The van der Waals surface area contributed by atoms with Crippen molar-refractivity contribution in [3.8, 4) is 5.75 Å². The predicted molar refractivity (Wildman–Crippen MR) is 75.4 cm³/mol. The first-order chi connectivity index (χ1) is 9.65. The van der Waals surface area contributed by atoms with Crippen molar-refractivity contribution in [3.05, 3.63) is 42.0 Å². The number of para-hydroxylation sites is 1. The molecule has 1 heterocycles. The summed E-state index contributed by atoms with van der Waals surface area (Å²) in [6, 6.07) is 8.04. The zero-order valence-electron chi connectivity index (χ0n) is 11.1. The fraction of sp³-hybridized carbons (Fsp3) is 0.214. The minimum absolute atomic E-state index is 0.0475. The van der Waals surface area contributed by atoms with Gasteiger partial charge in [-0.2, -0.15) is 0 Å². The van der Waals surface area contributed by atoms with Gasteiger partial charge in [-0.05, 0) is 19.1 Å². The summed E-state index contributed by atoms with van der Waals surface area (Å²) in [7, 11) is 1.54. The highest BCUT2D eigenvalue weighted by Gasteiger charge is 2.14. The maximum Gasteiger partial charge on any atom is 0.168 e. The number of hydrogen-bond acceptors (Lipinski definition) is 4. The number of nitrogens with one attached hydrogen (secondary N) is 1. The first kappa shape index (κ1) is 14.6. The normalized spacial score (nSPS) is 10.4. The molecule has 0 amide bonds. The molecular formula is C14H14F2N2OS. The first-order valence-electron chi connectivity index (χ1n) is 6.06. The number of methoxy groups -OCH3 is 1. The van der Waals surface area contributed by atoms with E-state index in [1.807, 2.05) is 19.1 Å². The van der Waals surface area contributed by atoms with Gasteiger partial charge in [0.25, 0.3) is 0 Å². The van der Waals surface area contributed by atoms with Crippen LogP contribution in [0.4, 0.5) is 14.6 Å². The van der Waals surface area contributed by atoms with Crippen molar-refractivity contribution in [2.45, 2.75) is 16.8 Å². The molecule has 0 aliphatic carbocycles. The van der Waals surface area contributed by atoms with Gasteiger partial charge in [-0.25, -0.2) is 13.8 Å². The Morgan fingerprint density at radius 2 is 2.00 bits per heavy atom. The fourth-order valence-corrected chi connectivity index (χ4v) is 2.52. The van der Waals surface area contributed by atoms with Gasteiger partial charge in [-0.15, -0.1) is 0 Å². The number of ether oxygens (including phenoxy) is 1. The zero-order valence-corrected chi connectivity index (χ0v) is 11.9. The smallest absolute Gasteiger partial charge is 0.168 e. The third kappa shape index (κ3) is 3.19. The molecule has 0 unspecified atom stereocenters. The summed E-state index contributed by atoms with van der Waals surface area (Å²) < 4.78 is 32.5. The molecule has 0 saturated heterocycles. The van der Waals surface area contributed by atoms with Crippen LogP contribution in [-0.2, 0) is 0 Å². The lowest BCUT2D eigenvalue weighted by Gasteiger charge is -2.10. The van der Waals surface area contributed by atoms with Crippen LogP contribution in [-0.4, -0.2) is 18.6 Å². The van der Waals surface area contributed by atoms with Gasteiger partial charge in [-0.1, -0.05) is 23.9 Å². The van der Waals surface area contributed by atoms with Gasteiger partial charge in [0, 0.05) is 12.6 Å². The Morgan fingerprint density at radius 3 is 2.70 bits per heavy atom. The average Bonchev–Trinajstić information content (AvgIpc) is 2.45. The molecule has 0 aliphatic heterocycles. The van der Waals surface area contributed by atoms with Crippen molar-refractivity contribution in [2.24, 2.45) is 0 Å². The van der Waals surface area contributed by atoms with E-state index in [1.54, 1.807) is 12.1 Å². The monoisotopic (exact) mass is 296 g/mol. The lowest BCUT2D eigenvalue weighted by atomic mass is 10.3. The summed E-state index contributed by atoms with van der Waals surface area (Å²) in [5.74, 6) is -0.729. The van der Waals surface area contributed by atoms with Crippen molar-refractivity contribution in [1.29, 1.82) is 0 Å². The van der Waals surface area contributed by atoms with Crippen LogP contribution in [0.2, 0.25) is 0 Å². The van der Waals surface area contributed by atoms with Gasteiger partial charge in [0.2, 0.25) is 0 Å². The number of hydrogen-bond donors (Lipinski definition) is 1. The summed E-state index contributed by atoms with van der Waals surface area (Å²) in [6.07, 6.45) is 0. The van der Waals surface area contributed by atoms with Crippen LogP contribution in [0.25, 0.3) is 0 Å². The van der Waals surface area contributed by atoms with E-state index >= 15 is 0 Å². The molecule has 1 aromatic heterocycles. The predicted octanol–water partition coefficient (Wildman–Crippen LogP) is 3.95. The summed E-state index contributed by atoms with van der Waals surface area (Å²) in [5.41, 5.74) is 0. The topological polar surface area (TPSA) is 34.2 Å². The maximum absolute atomic E-state index is 13.8. The van der Waals surface area contributed by atoms with Gasteiger partial charge in [-0.3, -0.25) is 0 Å². The molecule has 2 aromatic rings. The van der Waals surface area contributed by atoms with Gasteiger partial charge in [0.1, 0.15) is 10.8 Å². The molecule has 1 N–H and O–H groups in total. The van der Waals surface area contributed by atoms with Crippen molar-refractivity contribution in [1.82, 2.24) is 4.98 Å². The Balaban J connectivity index is 2.35. The minimum atomic E-state index is -0.700. The van der Waals surface area contributed by atoms with Crippen molar-refractivity contribution in [3.63, 3.8) is 0 Å². The second-order valence-electron chi connectivity index (χ2n) is 3.89. The Bertz CT molecular complexity index is 608. The van der Waals surface area contributed by atoms with Crippen LogP contribution in [0.15, 0.2) is 40.3 Å². The first-order valence-corrected chi connectivity index (χ1v) is 6.88. The highest BCUT2D eigenvalue weighted by atomic mass is 32.2. The van der Waals surface area contributed by atoms with Gasteiger partial charge in [0.15, 0.2) is 17.5 Å². The van der Waals surface area contributed by atoms with Crippen LogP contribution < -0.4 is 10.1 Å². The number of rotatable bonds is 5. The van der Waals surface area contributed by atoms with E-state index < -0.39 is 11.6 Å². The van der Waals surface area contributed by atoms with Crippen molar-refractivity contribution < 1.29 is 13.5 Å². The second kappa shape index (κ2) is 6.56.